The zero-order chi connectivity index (χ0) is 24.1. The average molecular weight is 469 g/mol. The predicted molar refractivity (Wildman–Crippen MR) is 126 cm³/mol. The molecule has 9 nitrogen and oxygen atoms in total. The molecule has 0 spiro atoms. The van der Waals surface area contributed by atoms with E-state index in [1.165, 1.54) is 6.08 Å². The van der Waals surface area contributed by atoms with Gasteiger partial charge in [-0.05, 0) is 37.1 Å². The van der Waals surface area contributed by atoms with Gasteiger partial charge in [-0.25, -0.2) is 0 Å². The number of methoxy groups -OCH3 is 3. The van der Waals surface area contributed by atoms with Gasteiger partial charge in [0.15, 0.2) is 23.0 Å². The van der Waals surface area contributed by atoms with Gasteiger partial charge in [0.05, 0.1) is 21.3 Å². The van der Waals surface area contributed by atoms with Gasteiger partial charge in [-0.2, -0.15) is 0 Å². The van der Waals surface area contributed by atoms with E-state index in [-0.39, 0.29) is 24.5 Å². The number of nitrogens with one attached hydrogen (secondary N) is 1. The number of hydrogen-bond donors (Lipinski definition) is 1. The third-order valence-corrected chi connectivity index (χ3v) is 5.96. The lowest BCUT2D eigenvalue weighted by Gasteiger charge is -2.30. The minimum atomic E-state index is -0.163. The maximum absolute atomic E-state index is 12.7. The zero-order valence-corrected chi connectivity index (χ0v) is 19.5. The van der Waals surface area contributed by atoms with E-state index in [2.05, 4.69) is 5.32 Å². The summed E-state index contributed by atoms with van der Waals surface area (Å²) in [6, 6.07) is 8.80. The molecule has 2 aromatic rings. The molecule has 0 unspecified atom stereocenters. The number of rotatable bonds is 7. The van der Waals surface area contributed by atoms with Crippen LogP contribution >= 0.6 is 0 Å². The lowest BCUT2D eigenvalue weighted by Crippen LogP contribution is -2.40. The van der Waals surface area contributed by atoms with Crippen molar-refractivity contribution in [2.24, 2.45) is 5.92 Å². The number of ether oxygens (including phenoxy) is 5. The minimum Gasteiger partial charge on any atom is -0.496 e. The Bertz CT molecular complexity index is 1090. The molecule has 34 heavy (non-hydrogen) atoms. The second kappa shape index (κ2) is 10.4. The van der Waals surface area contributed by atoms with Crippen molar-refractivity contribution in [3.8, 4) is 28.7 Å². The summed E-state index contributed by atoms with van der Waals surface area (Å²) in [5.74, 6) is 2.61. The number of carbonyl (C=O) groups excluding carboxylic acids is 2. The summed E-state index contributed by atoms with van der Waals surface area (Å²) in [4.78, 5) is 27.2. The monoisotopic (exact) mass is 468 g/mol. The van der Waals surface area contributed by atoms with Gasteiger partial charge in [-0.3, -0.25) is 9.59 Å². The normalized spacial score (nSPS) is 15.3. The first-order valence-electron chi connectivity index (χ1n) is 11.0. The summed E-state index contributed by atoms with van der Waals surface area (Å²) in [5, 5.41) is 2.94. The molecule has 2 heterocycles. The Kier molecular flexibility index (Phi) is 7.10. The molecule has 4 rings (SSSR count). The minimum absolute atomic E-state index is 0.0587. The van der Waals surface area contributed by atoms with E-state index in [0.717, 1.165) is 0 Å². The Morgan fingerprint density at radius 2 is 1.62 bits per heavy atom. The average Bonchev–Trinajstić information content (AvgIpc) is 3.34. The van der Waals surface area contributed by atoms with Gasteiger partial charge in [0.2, 0.25) is 18.6 Å². The molecule has 1 N–H and O–H groups in total. The number of hydrogen-bond acceptors (Lipinski definition) is 7. The van der Waals surface area contributed by atoms with Crippen LogP contribution in [0.4, 0.5) is 5.69 Å². The third-order valence-electron chi connectivity index (χ3n) is 5.96. The van der Waals surface area contributed by atoms with Gasteiger partial charge in [0, 0.05) is 48.5 Å². The molecule has 0 radical (unpaired) electrons. The van der Waals surface area contributed by atoms with Crippen LogP contribution in [0.25, 0.3) is 6.08 Å². The van der Waals surface area contributed by atoms with Crippen molar-refractivity contribution in [1.82, 2.24) is 4.90 Å². The molecule has 2 aliphatic rings. The van der Waals surface area contributed by atoms with Crippen molar-refractivity contribution < 1.29 is 33.3 Å². The first kappa shape index (κ1) is 23.3. The highest BCUT2D eigenvalue weighted by Gasteiger charge is 2.27. The number of piperidine rings is 1. The Morgan fingerprint density at radius 3 is 2.32 bits per heavy atom. The van der Waals surface area contributed by atoms with Crippen molar-refractivity contribution in [1.29, 1.82) is 0 Å². The van der Waals surface area contributed by atoms with Crippen molar-refractivity contribution >= 4 is 23.6 Å². The van der Waals surface area contributed by atoms with Crippen LogP contribution in [0.1, 0.15) is 18.4 Å². The molecular formula is C25H28N2O7. The highest BCUT2D eigenvalue weighted by atomic mass is 16.7. The second-order valence-corrected chi connectivity index (χ2v) is 7.94. The van der Waals surface area contributed by atoms with Crippen LogP contribution in [0.15, 0.2) is 36.4 Å². The van der Waals surface area contributed by atoms with Crippen molar-refractivity contribution in [2.75, 3.05) is 46.5 Å². The van der Waals surface area contributed by atoms with Crippen LogP contribution in [0.5, 0.6) is 28.7 Å². The number of carbonyl (C=O) groups is 2. The topological polar surface area (TPSA) is 95.6 Å². The summed E-state index contributed by atoms with van der Waals surface area (Å²) in [5.41, 5.74) is 1.37. The van der Waals surface area contributed by atoms with Crippen LogP contribution in [0.2, 0.25) is 0 Å². The Labute approximate surface area is 198 Å². The SMILES string of the molecule is COc1cc(OC)c(OC)cc1C=CC(=O)N1CCC(C(=O)Nc2ccc3c(c2)OCO3)CC1. The highest BCUT2D eigenvalue weighted by molar-refractivity contribution is 5.94. The lowest BCUT2D eigenvalue weighted by atomic mass is 9.95. The summed E-state index contributed by atoms with van der Waals surface area (Å²) >= 11 is 0. The van der Waals surface area contributed by atoms with Crippen LogP contribution in [-0.4, -0.2) is 57.9 Å². The van der Waals surface area contributed by atoms with Gasteiger partial charge >= 0.3 is 0 Å². The van der Waals surface area contributed by atoms with Gasteiger partial charge < -0.3 is 33.9 Å². The maximum Gasteiger partial charge on any atom is 0.246 e. The summed E-state index contributed by atoms with van der Waals surface area (Å²) in [6.07, 6.45) is 4.39. The highest BCUT2D eigenvalue weighted by Crippen LogP contribution is 2.36. The van der Waals surface area contributed by atoms with Gasteiger partial charge in [-0.15, -0.1) is 0 Å². The van der Waals surface area contributed by atoms with Crippen molar-refractivity contribution in [3.05, 3.63) is 42.0 Å². The van der Waals surface area contributed by atoms with Gasteiger partial charge in [0.25, 0.3) is 0 Å². The molecule has 0 bridgehead atoms. The van der Waals surface area contributed by atoms with Crippen LogP contribution in [0, 0.1) is 5.92 Å². The quantitative estimate of drug-likeness (QED) is 0.623. The van der Waals surface area contributed by atoms with E-state index < -0.39 is 0 Å². The number of amides is 2. The van der Waals surface area contributed by atoms with E-state index in [4.69, 9.17) is 23.7 Å². The molecule has 2 aliphatic heterocycles. The number of fused-ring (bicyclic) bond motifs is 1. The fourth-order valence-electron chi connectivity index (χ4n) is 4.03. The molecule has 2 aromatic carbocycles. The first-order valence-corrected chi connectivity index (χ1v) is 11.0. The molecule has 1 saturated heterocycles. The van der Waals surface area contributed by atoms with Crippen LogP contribution in [-0.2, 0) is 9.59 Å². The largest absolute Gasteiger partial charge is 0.496 e. The second-order valence-electron chi connectivity index (χ2n) is 7.94. The summed E-state index contributed by atoms with van der Waals surface area (Å²) < 4.78 is 26.7. The standard InChI is InChI=1S/C25H28N2O7/c1-30-20-14-22(32-3)21(31-2)12-17(20)4-7-24(28)27-10-8-16(9-11-27)25(29)26-18-5-6-19-23(13-18)34-15-33-19/h4-7,12-14,16H,8-11,15H2,1-3H3,(H,26,29). The molecule has 2 amide bonds. The zero-order valence-electron chi connectivity index (χ0n) is 19.5. The third kappa shape index (κ3) is 5.03. The molecule has 0 atom stereocenters. The van der Waals surface area contributed by atoms with Crippen LogP contribution < -0.4 is 29.0 Å². The molecular weight excluding hydrogens is 440 g/mol. The first-order chi connectivity index (χ1) is 16.5. The van der Waals surface area contributed by atoms with Crippen molar-refractivity contribution in [2.45, 2.75) is 12.8 Å². The molecule has 0 saturated carbocycles. The Hall–Kier alpha value is -3.88. The fraction of sp³-hybridized carbons (Fsp3) is 0.360. The Morgan fingerprint density at radius 1 is 0.941 bits per heavy atom. The molecule has 180 valence electrons. The number of benzene rings is 2. The van der Waals surface area contributed by atoms with Crippen LogP contribution in [0.3, 0.4) is 0 Å². The van der Waals surface area contributed by atoms with E-state index in [9.17, 15) is 9.59 Å². The number of nitrogens with zero attached hydrogens (tertiary/aromatic N) is 1. The van der Waals surface area contributed by atoms with Gasteiger partial charge in [-0.1, -0.05) is 0 Å². The number of anilines is 1. The van der Waals surface area contributed by atoms with Gasteiger partial charge in [0.1, 0.15) is 5.75 Å². The van der Waals surface area contributed by atoms with Crippen molar-refractivity contribution in [3.63, 3.8) is 0 Å². The smallest absolute Gasteiger partial charge is 0.246 e. The molecule has 0 aromatic heterocycles. The maximum atomic E-state index is 12.7. The fourth-order valence-corrected chi connectivity index (χ4v) is 4.03. The lowest BCUT2D eigenvalue weighted by molar-refractivity contribution is -0.130. The van der Waals surface area contributed by atoms with E-state index in [1.54, 1.807) is 62.6 Å². The van der Waals surface area contributed by atoms with E-state index >= 15 is 0 Å². The summed E-state index contributed by atoms with van der Waals surface area (Å²) in [6.45, 7) is 1.20. The molecule has 1 fully saturated rings. The molecule has 9 heteroatoms. The summed E-state index contributed by atoms with van der Waals surface area (Å²) in [7, 11) is 4.66. The number of likely N-dealkylation sites (tertiary alicyclic amines) is 1. The molecule has 0 aliphatic carbocycles. The Balaban J connectivity index is 1.33. The predicted octanol–water partition coefficient (Wildman–Crippen LogP) is 3.33. The van der Waals surface area contributed by atoms with E-state index in [1.807, 2.05) is 0 Å². The van der Waals surface area contributed by atoms with E-state index in [0.29, 0.717) is 65.9 Å².